The Morgan fingerprint density at radius 1 is 0.462 bits per heavy atom. The summed E-state index contributed by atoms with van der Waals surface area (Å²) >= 11 is 0. The molecule has 0 aliphatic heterocycles. The molecule has 0 saturated heterocycles. The van der Waals surface area contributed by atoms with Gasteiger partial charge in [-0.05, 0) is 60.2 Å². The third-order valence-corrected chi connectivity index (χ3v) is 9.86. The zero-order chi connectivity index (χ0) is 34.6. The summed E-state index contributed by atoms with van der Waals surface area (Å²) in [5.41, 5.74) is 11.8. The van der Waals surface area contributed by atoms with Crippen LogP contribution in [0.25, 0.3) is 94.5 Å². The standard InChI is InChI=1S/C47H28N4O/c48-29-34-16-11-19-35(32-23-25-45-39(26-32)37-18-8-10-21-44(37)52-45)46(34)51-42-20-9-7-17-36(42)38-27-33(22-24-43(38)51)47-49-40(30-12-3-1-4-13-30)28-41(50-47)31-14-5-2-6-15-31/h1-28H. The Hall–Kier alpha value is -7.29. The fourth-order valence-corrected chi connectivity index (χ4v) is 7.44. The van der Waals surface area contributed by atoms with Gasteiger partial charge in [-0.3, -0.25) is 0 Å². The molecular formula is C47H28N4O. The molecule has 0 aliphatic rings. The first-order valence-electron chi connectivity index (χ1n) is 17.2. The number of hydrogen-bond acceptors (Lipinski definition) is 4. The van der Waals surface area contributed by atoms with Gasteiger partial charge < -0.3 is 8.98 Å². The maximum absolute atomic E-state index is 10.6. The topological polar surface area (TPSA) is 67.6 Å². The molecule has 0 aliphatic carbocycles. The van der Waals surface area contributed by atoms with Gasteiger partial charge in [-0.15, -0.1) is 0 Å². The third-order valence-electron chi connectivity index (χ3n) is 9.86. The van der Waals surface area contributed by atoms with Crippen molar-refractivity contribution in [3.8, 4) is 56.8 Å². The molecule has 0 amide bonds. The molecule has 0 saturated carbocycles. The highest BCUT2D eigenvalue weighted by Gasteiger charge is 2.21. The summed E-state index contributed by atoms with van der Waals surface area (Å²) in [6.07, 6.45) is 0. The van der Waals surface area contributed by atoms with Gasteiger partial charge in [0.2, 0.25) is 0 Å². The fraction of sp³-hybridized carbons (Fsp3) is 0. The highest BCUT2D eigenvalue weighted by atomic mass is 16.3. The normalized spacial score (nSPS) is 11.4. The molecule has 5 nitrogen and oxygen atoms in total. The first-order chi connectivity index (χ1) is 25.7. The van der Waals surface area contributed by atoms with E-state index in [4.69, 9.17) is 14.4 Å². The quantitative estimate of drug-likeness (QED) is 0.184. The van der Waals surface area contributed by atoms with Gasteiger partial charge >= 0.3 is 0 Å². The molecule has 3 aromatic heterocycles. The predicted molar refractivity (Wildman–Crippen MR) is 210 cm³/mol. The lowest BCUT2D eigenvalue weighted by Gasteiger charge is -2.16. The Morgan fingerprint density at radius 3 is 1.83 bits per heavy atom. The summed E-state index contributed by atoms with van der Waals surface area (Å²) in [5.74, 6) is 0.651. The lowest BCUT2D eigenvalue weighted by Crippen LogP contribution is -2.01. The van der Waals surface area contributed by atoms with Gasteiger partial charge in [-0.1, -0.05) is 115 Å². The monoisotopic (exact) mass is 664 g/mol. The van der Waals surface area contributed by atoms with Crippen molar-refractivity contribution in [1.29, 1.82) is 5.26 Å². The van der Waals surface area contributed by atoms with Crippen LogP contribution >= 0.6 is 0 Å². The van der Waals surface area contributed by atoms with Gasteiger partial charge in [0.05, 0.1) is 33.7 Å². The maximum Gasteiger partial charge on any atom is 0.160 e. The van der Waals surface area contributed by atoms with E-state index in [-0.39, 0.29) is 0 Å². The van der Waals surface area contributed by atoms with E-state index in [0.29, 0.717) is 11.4 Å². The van der Waals surface area contributed by atoms with Crippen LogP contribution in [0.1, 0.15) is 5.56 Å². The van der Waals surface area contributed by atoms with Crippen LogP contribution < -0.4 is 0 Å². The summed E-state index contributed by atoms with van der Waals surface area (Å²) in [6.45, 7) is 0. The summed E-state index contributed by atoms with van der Waals surface area (Å²) < 4.78 is 8.38. The van der Waals surface area contributed by atoms with E-state index in [0.717, 1.165) is 88.6 Å². The van der Waals surface area contributed by atoms with Gasteiger partial charge in [0.15, 0.2) is 5.82 Å². The highest BCUT2D eigenvalue weighted by molar-refractivity contribution is 6.11. The summed E-state index contributed by atoms with van der Waals surface area (Å²) in [7, 11) is 0. The number of rotatable bonds is 5. The van der Waals surface area contributed by atoms with Crippen molar-refractivity contribution in [1.82, 2.24) is 14.5 Å². The molecule has 7 aromatic carbocycles. The lowest BCUT2D eigenvalue weighted by molar-refractivity contribution is 0.669. The van der Waals surface area contributed by atoms with Crippen molar-refractivity contribution in [3.05, 3.63) is 175 Å². The van der Waals surface area contributed by atoms with Crippen LogP contribution in [0.4, 0.5) is 0 Å². The third kappa shape index (κ3) is 4.78. The molecule has 0 radical (unpaired) electrons. The molecule has 0 bridgehead atoms. The van der Waals surface area contributed by atoms with Gasteiger partial charge in [0.1, 0.15) is 17.2 Å². The van der Waals surface area contributed by atoms with Gasteiger partial charge in [0.25, 0.3) is 0 Å². The molecule has 10 aromatic rings. The minimum absolute atomic E-state index is 0.591. The van der Waals surface area contributed by atoms with Crippen LogP contribution in [-0.2, 0) is 0 Å². The highest BCUT2D eigenvalue weighted by Crippen LogP contribution is 2.41. The number of benzene rings is 7. The Kier molecular flexibility index (Phi) is 6.80. The number of hydrogen-bond donors (Lipinski definition) is 0. The van der Waals surface area contributed by atoms with E-state index in [9.17, 15) is 5.26 Å². The molecule has 52 heavy (non-hydrogen) atoms. The zero-order valence-corrected chi connectivity index (χ0v) is 27.9. The maximum atomic E-state index is 10.6. The average Bonchev–Trinajstić information content (AvgIpc) is 3.76. The predicted octanol–water partition coefficient (Wildman–Crippen LogP) is 12.0. The van der Waals surface area contributed by atoms with Crippen molar-refractivity contribution in [2.45, 2.75) is 0 Å². The van der Waals surface area contributed by atoms with Crippen LogP contribution in [-0.4, -0.2) is 14.5 Å². The van der Waals surface area contributed by atoms with E-state index < -0.39 is 0 Å². The number of furan rings is 1. The molecule has 0 N–H and O–H groups in total. The van der Waals surface area contributed by atoms with Crippen LogP contribution in [0.3, 0.4) is 0 Å². The minimum Gasteiger partial charge on any atom is -0.456 e. The van der Waals surface area contributed by atoms with Gasteiger partial charge in [0, 0.05) is 43.8 Å². The number of nitriles is 1. The smallest absolute Gasteiger partial charge is 0.160 e. The van der Waals surface area contributed by atoms with Crippen molar-refractivity contribution in [3.63, 3.8) is 0 Å². The number of fused-ring (bicyclic) bond motifs is 6. The number of nitrogens with zero attached hydrogens (tertiary/aromatic N) is 4. The summed E-state index contributed by atoms with van der Waals surface area (Å²) in [4.78, 5) is 10.2. The van der Waals surface area contributed by atoms with Crippen molar-refractivity contribution >= 4 is 43.7 Å². The Morgan fingerprint density at radius 2 is 1.08 bits per heavy atom. The molecule has 242 valence electrons. The second-order valence-electron chi connectivity index (χ2n) is 12.9. The van der Waals surface area contributed by atoms with Crippen LogP contribution in [0.2, 0.25) is 0 Å². The first kappa shape index (κ1) is 29.6. The van der Waals surface area contributed by atoms with E-state index in [1.54, 1.807) is 0 Å². The molecule has 0 spiro atoms. The van der Waals surface area contributed by atoms with Crippen LogP contribution in [0.5, 0.6) is 0 Å². The van der Waals surface area contributed by atoms with Crippen molar-refractivity contribution < 1.29 is 4.42 Å². The Labute approximate surface area is 299 Å². The van der Waals surface area contributed by atoms with E-state index >= 15 is 0 Å². The lowest BCUT2D eigenvalue weighted by atomic mass is 9.98. The molecule has 5 heteroatoms. The second kappa shape index (κ2) is 11.9. The SMILES string of the molecule is N#Cc1cccc(-c2ccc3oc4ccccc4c3c2)c1-n1c2ccccc2c2cc(-c3nc(-c4ccccc4)cc(-c4ccccc4)n3)ccc21. The van der Waals surface area contributed by atoms with E-state index in [2.05, 4.69) is 108 Å². The zero-order valence-electron chi connectivity index (χ0n) is 27.9. The second-order valence-corrected chi connectivity index (χ2v) is 12.9. The van der Waals surface area contributed by atoms with E-state index in [1.165, 1.54) is 0 Å². The van der Waals surface area contributed by atoms with E-state index in [1.807, 2.05) is 72.8 Å². The van der Waals surface area contributed by atoms with Crippen LogP contribution in [0, 0.1) is 11.3 Å². The summed E-state index contributed by atoms with van der Waals surface area (Å²) in [5, 5.41) is 14.8. The Balaban J connectivity index is 1.20. The Bertz CT molecular complexity index is 2970. The van der Waals surface area contributed by atoms with Crippen molar-refractivity contribution in [2.24, 2.45) is 0 Å². The fourth-order valence-electron chi connectivity index (χ4n) is 7.44. The molecule has 3 heterocycles. The average molecular weight is 665 g/mol. The minimum atomic E-state index is 0.591. The summed E-state index contributed by atoms with van der Waals surface area (Å²) in [6, 6.07) is 60.2. The largest absolute Gasteiger partial charge is 0.456 e. The molecule has 0 unspecified atom stereocenters. The molecule has 0 atom stereocenters. The van der Waals surface area contributed by atoms with Crippen LogP contribution in [0.15, 0.2) is 174 Å². The van der Waals surface area contributed by atoms with Crippen molar-refractivity contribution in [2.75, 3.05) is 0 Å². The first-order valence-corrected chi connectivity index (χ1v) is 17.2. The molecule has 10 rings (SSSR count). The van der Waals surface area contributed by atoms with Gasteiger partial charge in [-0.2, -0.15) is 5.26 Å². The van der Waals surface area contributed by atoms with Gasteiger partial charge in [-0.25, -0.2) is 9.97 Å². The number of aromatic nitrogens is 3. The molecular weight excluding hydrogens is 637 g/mol. The molecule has 0 fully saturated rings. The number of para-hydroxylation sites is 3.